The minimum atomic E-state index is -3.27. The van der Waals surface area contributed by atoms with E-state index in [1.165, 1.54) is 0 Å². The second kappa shape index (κ2) is 5.68. The maximum absolute atomic E-state index is 11.5. The maximum Gasteiger partial charge on any atom is 0.242 e. The van der Waals surface area contributed by atoms with Crippen molar-refractivity contribution in [1.29, 1.82) is 0 Å². The molecule has 0 aliphatic rings. The predicted molar refractivity (Wildman–Crippen MR) is 71.5 cm³/mol. The van der Waals surface area contributed by atoms with Gasteiger partial charge in [0.25, 0.3) is 0 Å². The molecule has 0 amide bonds. The van der Waals surface area contributed by atoms with Gasteiger partial charge in [0.15, 0.2) is 0 Å². The lowest BCUT2D eigenvalue weighted by molar-refractivity contribution is 0.606. The van der Waals surface area contributed by atoms with Crippen LogP contribution < -0.4 is 4.72 Å². The monoisotopic (exact) mass is 305 g/mol. The van der Waals surface area contributed by atoms with Crippen LogP contribution in [0.25, 0.3) is 0 Å². The summed E-state index contributed by atoms with van der Waals surface area (Å²) >= 11 is 2.97. The quantitative estimate of drug-likeness (QED) is 0.850. The second-order valence-electron chi connectivity index (χ2n) is 3.48. The molecule has 0 bridgehead atoms. The molecule has 1 aromatic carbocycles. The molecule has 0 radical (unpaired) electrons. The first-order chi connectivity index (χ1) is 7.54. The number of anilines is 1. The van der Waals surface area contributed by atoms with Gasteiger partial charge >= 0.3 is 0 Å². The van der Waals surface area contributed by atoms with Gasteiger partial charge in [-0.3, -0.25) is 4.72 Å². The van der Waals surface area contributed by atoms with Crippen molar-refractivity contribution in [1.82, 2.24) is 0 Å². The molecule has 0 spiro atoms. The van der Waals surface area contributed by atoms with E-state index >= 15 is 0 Å². The summed E-state index contributed by atoms with van der Waals surface area (Å²) in [5, 5.41) is 0. The third kappa shape index (κ3) is 3.22. The van der Waals surface area contributed by atoms with Crippen molar-refractivity contribution >= 4 is 31.6 Å². The molecule has 0 atom stereocenters. The Bertz CT molecular complexity index is 435. The highest BCUT2D eigenvalue weighted by Crippen LogP contribution is 2.23. The molecule has 1 N–H and O–H groups in total. The summed E-state index contributed by atoms with van der Waals surface area (Å²) in [5.74, 6) is 0. The fourth-order valence-corrected chi connectivity index (χ4v) is 2.53. The molecule has 0 heterocycles. The summed E-state index contributed by atoms with van der Waals surface area (Å²) in [5.41, 5.74) is 2.81. The van der Waals surface area contributed by atoms with Crippen LogP contribution in [0.15, 0.2) is 18.2 Å². The number of hydrogen-bond donors (Lipinski definition) is 1. The van der Waals surface area contributed by atoms with Gasteiger partial charge in [-0.05, 0) is 24.0 Å². The van der Waals surface area contributed by atoms with Crippen LogP contribution in [0.4, 0.5) is 5.69 Å². The lowest BCUT2D eigenvalue weighted by Gasteiger charge is -2.14. The van der Waals surface area contributed by atoms with E-state index in [-0.39, 0.29) is 4.66 Å². The Morgan fingerprint density at radius 2 is 1.69 bits per heavy atom. The van der Waals surface area contributed by atoms with Gasteiger partial charge in [-0.25, -0.2) is 8.42 Å². The van der Waals surface area contributed by atoms with Crippen molar-refractivity contribution in [2.24, 2.45) is 0 Å². The van der Waals surface area contributed by atoms with E-state index in [0.717, 1.165) is 29.7 Å². The molecule has 0 aliphatic heterocycles. The van der Waals surface area contributed by atoms with Gasteiger partial charge in [-0.2, -0.15) is 0 Å². The molecule has 0 fully saturated rings. The third-order valence-electron chi connectivity index (χ3n) is 2.40. The third-order valence-corrected chi connectivity index (χ3v) is 5.01. The maximum atomic E-state index is 11.5. The van der Waals surface area contributed by atoms with Crippen LogP contribution >= 0.6 is 15.9 Å². The Kier molecular flexibility index (Phi) is 4.80. The Labute approximate surface area is 105 Å². The molecular weight excluding hydrogens is 290 g/mol. The van der Waals surface area contributed by atoms with Gasteiger partial charge in [-0.1, -0.05) is 48.0 Å². The summed E-state index contributed by atoms with van der Waals surface area (Å²) < 4.78 is 25.6. The molecule has 1 aromatic rings. The Morgan fingerprint density at radius 1 is 1.19 bits per heavy atom. The standard InChI is InChI=1S/C11H16BrNO2S/c1-3-9-6-5-7-10(4-2)11(9)13-16(14,15)8-12/h5-7,13H,3-4,8H2,1-2H3. The van der Waals surface area contributed by atoms with E-state index in [4.69, 9.17) is 0 Å². The van der Waals surface area contributed by atoms with Gasteiger partial charge in [0.1, 0.15) is 4.66 Å². The number of halogens is 1. The highest BCUT2D eigenvalue weighted by Gasteiger charge is 2.13. The van der Waals surface area contributed by atoms with Gasteiger partial charge < -0.3 is 0 Å². The molecule has 16 heavy (non-hydrogen) atoms. The van der Waals surface area contributed by atoms with Gasteiger partial charge in [-0.15, -0.1) is 0 Å². The van der Waals surface area contributed by atoms with Crippen molar-refractivity contribution < 1.29 is 8.42 Å². The molecular formula is C11H16BrNO2S. The minimum absolute atomic E-state index is 0.0821. The SMILES string of the molecule is CCc1cccc(CC)c1NS(=O)(=O)CBr. The highest BCUT2D eigenvalue weighted by molar-refractivity contribution is 9.10. The number of sulfonamides is 1. The van der Waals surface area contributed by atoms with E-state index in [0.29, 0.717) is 0 Å². The Balaban J connectivity index is 3.19. The lowest BCUT2D eigenvalue weighted by atomic mass is 10.0. The molecule has 0 unspecified atom stereocenters. The molecule has 90 valence electrons. The summed E-state index contributed by atoms with van der Waals surface area (Å²) in [4.78, 5) is 0. The van der Waals surface area contributed by atoms with E-state index in [1.54, 1.807) is 0 Å². The van der Waals surface area contributed by atoms with Gasteiger partial charge in [0.2, 0.25) is 10.0 Å². The van der Waals surface area contributed by atoms with Crippen LogP contribution in [-0.4, -0.2) is 13.1 Å². The summed E-state index contributed by atoms with van der Waals surface area (Å²) in [6, 6.07) is 5.86. The van der Waals surface area contributed by atoms with Crippen LogP contribution in [0, 0.1) is 0 Å². The number of rotatable bonds is 5. The number of benzene rings is 1. The van der Waals surface area contributed by atoms with Crippen molar-refractivity contribution in [3.8, 4) is 0 Å². The largest absolute Gasteiger partial charge is 0.282 e. The Hall–Kier alpha value is -0.550. The number of alkyl halides is 1. The van der Waals surface area contributed by atoms with Crippen molar-refractivity contribution in [2.75, 3.05) is 9.38 Å². The minimum Gasteiger partial charge on any atom is -0.282 e. The van der Waals surface area contributed by atoms with E-state index in [2.05, 4.69) is 20.7 Å². The summed E-state index contributed by atoms with van der Waals surface area (Å²) in [7, 11) is -3.27. The topological polar surface area (TPSA) is 46.2 Å². The van der Waals surface area contributed by atoms with Crippen LogP contribution in [0.3, 0.4) is 0 Å². The average molecular weight is 306 g/mol. The molecule has 5 heteroatoms. The van der Waals surface area contributed by atoms with Crippen molar-refractivity contribution in [3.63, 3.8) is 0 Å². The smallest absolute Gasteiger partial charge is 0.242 e. The highest BCUT2D eigenvalue weighted by atomic mass is 79.9. The fraction of sp³-hybridized carbons (Fsp3) is 0.455. The first-order valence-electron chi connectivity index (χ1n) is 5.21. The van der Waals surface area contributed by atoms with E-state index in [1.807, 2.05) is 32.0 Å². The number of nitrogens with one attached hydrogen (secondary N) is 1. The first-order valence-corrected chi connectivity index (χ1v) is 7.98. The lowest BCUT2D eigenvalue weighted by Crippen LogP contribution is -2.15. The zero-order valence-electron chi connectivity index (χ0n) is 9.46. The van der Waals surface area contributed by atoms with Crippen LogP contribution in [0.5, 0.6) is 0 Å². The number of para-hydroxylation sites is 1. The predicted octanol–water partition coefficient (Wildman–Crippen LogP) is 2.91. The number of aryl methyl sites for hydroxylation is 2. The van der Waals surface area contributed by atoms with Gasteiger partial charge in [0.05, 0.1) is 5.69 Å². The van der Waals surface area contributed by atoms with Crippen LogP contribution in [-0.2, 0) is 22.9 Å². The van der Waals surface area contributed by atoms with Crippen molar-refractivity contribution in [2.45, 2.75) is 26.7 Å². The zero-order chi connectivity index (χ0) is 12.2. The molecule has 0 saturated heterocycles. The fourth-order valence-electron chi connectivity index (χ4n) is 1.56. The second-order valence-corrected chi connectivity index (χ2v) is 6.51. The molecule has 3 nitrogen and oxygen atoms in total. The van der Waals surface area contributed by atoms with Crippen LogP contribution in [0.1, 0.15) is 25.0 Å². The number of hydrogen-bond acceptors (Lipinski definition) is 2. The van der Waals surface area contributed by atoms with Crippen LogP contribution in [0.2, 0.25) is 0 Å². The average Bonchev–Trinajstić information content (AvgIpc) is 2.29. The zero-order valence-corrected chi connectivity index (χ0v) is 11.9. The molecule has 0 aliphatic carbocycles. The molecule has 0 aromatic heterocycles. The van der Waals surface area contributed by atoms with Gasteiger partial charge in [0, 0.05) is 0 Å². The van der Waals surface area contributed by atoms with Crippen molar-refractivity contribution in [3.05, 3.63) is 29.3 Å². The summed E-state index contributed by atoms with van der Waals surface area (Å²) in [6.45, 7) is 4.03. The normalized spacial score (nSPS) is 11.4. The first kappa shape index (κ1) is 13.5. The summed E-state index contributed by atoms with van der Waals surface area (Å²) in [6.07, 6.45) is 1.63. The van der Waals surface area contributed by atoms with E-state index < -0.39 is 10.0 Å². The Morgan fingerprint density at radius 3 is 2.06 bits per heavy atom. The van der Waals surface area contributed by atoms with E-state index in [9.17, 15) is 8.42 Å². The molecule has 0 saturated carbocycles. The molecule has 1 rings (SSSR count).